The minimum absolute atomic E-state index is 0.0493. The molecule has 3 nitrogen and oxygen atoms in total. The van der Waals surface area contributed by atoms with E-state index in [0.717, 1.165) is 12.1 Å². The van der Waals surface area contributed by atoms with Crippen LogP contribution in [0.5, 0.6) is 0 Å². The highest BCUT2D eigenvalue weighted by Crippen LogP contribution is 2.20. The first-order chi connectivity index (χ1) is 8.63. The zero-order valence-corrected chi connectivity index (χ0v) is 9.95. The van der Waals surface area contributed by atoms with Crippen LogP contribution in [-0.2, 0) is 0 Å². The molecule has 0 aliphatic heterocycles. The van der Waals surface area contributed by atoms with Crippen molar-refractivity contribution in [3.63, 3.8) is 0 Å². The highest BCUT2D eigenvalue weighted by molar-refractivity contribution is 5.75. The van der Waals surface area contributed by atoms with Crippen LogP contribution in [0.1, 0.15) is 13.0 Å². The van der Waals surface area contributed by atoms with Gasteiger partial charge in [0, 0.05) is 24.7 Å². The highest BCUT2D eigenvalue weighted by atomic mass is 19.2. The number of halogens is 2. The van der Waals surface area contributed by atoms with Gasteiger partial charge in [0.2, 0.25) is 0 Å². The molecule has 2 aromatic rings. The van der Waals surface area contributed by atoms with E-state index in [4.69, 9.17) is 6.42 Å². The molecule has 0 saturated heterocycles. The molecule has 1 aromatic heterocycles. The van der Waals surface area contributed by atoms with Gasteiger partial charge in [-0.2, -0.15) is 0 Å². The number of hydrogen-bond donors (Lipinski definition) is 1. The Bertz CT molecular complexity index is 598. The van der Waals surface area contributed by atoms with Gasteiger partial charge in [0.05, 0.1) is 23.9 Å². The van der Waals surface area contributed by atoms with E-state index in [9.17, 15) is 8.78 Å². The van der Waals surface area contributed by atoms with Crippen molar-refractivity contribution >= 4 is 11.0 Å². The second kappa shape index (κ2) is 5.15. The van der Waals surface area contributed by atoms with Gasteiger partial charge in [0.25, 0.3) is 0 Å². The summed E-state index contributed by atoms with van der Waals surface area (Å²) in [6.07, 6.45) is 6.71. The summed E-state index contributed by atoms with van der Waals surface area (Å²) in [4.78, 5) is 4.06. The molecule has 18 heavy (non-hydrogen) atoms. The van der Waals surface area contributed by atoms with Crippen molar-refractivity contribution in [1.82, 2.24) is 14.9 Å². The van der Waals surface area contributed by atoms with E-state index < -0.39 is 11.6 Å². The Balaban J connectivity index is 2.28. The quantitative estimate of drug-likeness (QED) is 0.664. The number of aromatic nitrogens is 2. The summed E-state index contributed by atoms with van der Waals surface area (Å²) in [5, 5.41) is 3.06. The van der Waals surface area contributed by atoms with Gasteiger partial charge in [-0.25, -0.2) is 13.8 Å². The van der Waals surface area contributed by atoms with Crippen LogP contribution >= 0.6 is 0 Å². The predicted molar refractivity (Wildman–Crippen MR) is 66.1 cm³/mol. The first-order valence-corrected chi connectivity index (χ1v) is 5.59. The fourth-order valence-electron chi connectivity index (χ4n) is 1.83. The maximum atomic E-state index is 13.2. The SMILES string of the molecule is C#CCNCC(C)n1cnc2cc(F)c(F)cc21. The molecule has 0 aliphatic carbocycles. The molecule has 1 atom stereocenters. The Labute approximate surface area is 104 Å². The molecule has 94 valence electrons. The van der Waals surface area contributed by atoms with E-state index in [-0.39, 0.29) is 6.04 Å². The summed E-state index contributed by atoms with van der Waals surface area (Å²) in [5.74, 6) is 0.725. The lowest BCUT2D eigenvalue weighted by Crippen LogP contribution is -2.23. The molecule has 0 aliphatic rings. The van der Waals surface area contributed by atoms with E-state index in [0.29, 0.717) is 24.1 Å². The third kappa shape index (κ3) is 2.34. The van der Waals surface area contributed by atoms with Gasteiger partial charge < -0.3 is 9.88 Å². The molecule has 0 saturated carbocycles. The summed E-state index contributed by atoms with van der Waals surface area (Å²) in [5.41, 5.74) is 1.02. The van der Waals surface area contributed by atoms with Crippen molar-refractivity contribution in [2.24, 2.45) is 0 Å². The Hall–Kier alpha value is -1.93. The number of hydrogen-bond acceptors (Lipinski definition) is 2. The van der Waals surface area contributed by atoms with Gasteiger partial charge in [0.1, 0.15) is 0 Å². The number of imidazole rings is 1. The lowest BCUT2D eigenvalue weighted by Gasteiger charge is -2.14. The smallest absolute Gasteiger partial charge is 0.161 e. The van der Waals surface area contributed by atoms with E-state index in [1.165, 1.54) is 0 Å². The number of rotatable bonds is 4. The van der Waals surface area contributed by atoms with Crippen LogP contribution in [0.15, 0.2) is 18.5 Å². The average molecular weight is 249 g/mol. The second-order valence-electron chi connectivity index (χ2n) is 4.09. The molecule has 5 heteroatoms. The summed E-state index contributed by atoms with van der Waals surface area (Å²) in [7, 11) is 0. The number of benzene rings is 1. The van der Waals surface area contributed by atoms with Crippen molar-refractivity contribution in [3.8, 4) is 12.3 Å². The first kappa shape index (κ1) is 12.5. The normalized spacial score (nSPS) is 12.6. The van der Waals surface area contributed by atoms with Crippen LogP contribution in [0.4, 0.5) is 8.78 Å². The largest absolute Gasteiger partial charge is 0.326 e. The van der Waals surface area contributed by atoms with Crippen molar-refractivity contribution in [2.75, 3.05) is 13.1 Å². The molecular formula is C13H13F2N3. The fraction of sp³-hybridized carbons (Fsp3) is 0.308. The lowest BCUT2D eigenvalue weighted by molar-refractivity contribution is 0.505. The molecule has 1 heterocycles. The van der Waals surface area contributed by atoms with E-state index in [1.807, 2.05) is 6.92 Å². The highest BCUT2D eigenvalue weighted by Gasteiger charge is 2.12. The van der Waals surface area contributed by atoms with Gasteiger partial charge >= 0.3 is 0 Å². The van der Waals surface area contributed by atoms with Crippen LogP contribution in [0, 0.1) is 24.0 Å². The van der Waals surface area contributed by atoms with E-state index in [1.54, 1.807) is 10.9 Å². The van der Waals surface area contributed by atoms with Crippen molar-refractivity contribution in [1.29, 1.82) is 0 Å². The Kier molecular flexibility index (Phi) is 3.58. The molecule has 0 amide bonds. The maximum absolute atomic E-state index is 13.2. The zero-order valence-electron chi connectivity index (χ0n) is 9.95. The molecule has 1 unspecified atom stereocenters. The fourth-order valence-corrected chi connectivity index (χ4v) is 1.83. The number of nitrogens with one attached hydrogen (secondary N) is 1. The topological polar surface area (TPSA) is 29.9 Å². The first-order valence-electron chi connectivity index (χ1n) is 5.59. The van der Waals surface area contributed by atoms with Crippen LogP contribution in [-0.4, -0.2) is 22.6 Å². The van der Waals surface area contributed by atoms with Crippen LogP contribution in [0.2, 0.25) is 0 Å². The number of nitrogens with zero attached hydrogens (tertiary/aromatic N) is 2. The van der Waals surface area contributed by atoms with Gasteiger partial charge in [-0.3, -0.25) is 0 Å². The zero-order chi connectivity index (χ0) is 13.1. The molecule has 1 N–H and O–H groups in total. The minimum atomic E-state index is -0.883. The molecule has 0 radical (unpaired) electrons. The van der Waals surface area contributed by atoms with Crippen molar-refractivity contribution < 1.29 is 8.78 Å². The molecule has 0 fully saturated rings. The summed E-state index contributed by atoms with van der Waals surface area (Å²) >= 11 is 0. The van der Waals surface area contributed by atoms with Gasteiger partial charge in [-0.05, 0) is 6.92 Å². The summed E-state index contributed by atoms with van der Waals surface area (Å²) < 4.78 is 28.1. The second-order valence-corrected chi connectivity index (χ2v) is 4.09. The monoisotopic (exact) mass is 249 g/mol. The Morgan fingerprint density at radius 1 is 1.44 bits per heavy atom. The van der Waals surface area contributed by atoms with Crippen LogP contribution < -0.4 is 5.32 Å². The Morgan fingerprint density at radius 3 is 2.89 bits per heavy atom. The standard InChI is InChI=1S/C13H13F2N3/c1-3-4-16-7-9(2)18-8-17-12-5-10(14)11(15)6-13(12)18/h1,5-6,8-9,16H,4,7H2,2H3. The third-order valence-electron chi connectivity index (χ3n) is 2.76. The number of fused-ring (bicyclic) bond motifs is 1. The summed E-state index contributed by atoms with van der Waals surface area (Å²) in [6.45, 7) is 3.06. The van der Waals surface area contributed by atoms with E-state index >= 15 is 0 Å². The molecular weight excluding hydrogens is 236 g/mol. The molecule has 2 rings (SSSR count). The van der Waals surface area contributed by atoms with Crippen LogP contribution in [0.25, 0.3) is 11.0 Å². The predicted octanol–water partition coefficient (Wildman–Crippen LogP) is 2.10. The minimum Gasteiger partial charge on any atom is -0.326 e. The van der Waals surface area contributed by atoms with Crippen molar-refractivity contribution in [2.45, 2.75) is 13.0 Å². The van der Waals surface area contributed by atoms with Crippen molar-refractivity contribution in [3.05, 3.63) is 30.1 Å². The summed E-state index contributed by atoms with van der Waals surface area (Å²) in [6, 6.07) is 2.31. The average Bonchev–Trinajstić information content (AvgIpc) is 2.73. The maximum Gasteiger partial charge on any atom is 0.161 e. The lowest BCUT2D eigenvalue weighted by atomic mass is 10.2. The molecule has 0 spiro atoms. The van der Waals surface area contributed by atoms with Gasteiger partial charge in [0.15, 0.2) is 11.6 Å². The molecule has 0 bridgehead atoms. The van der Waals surface area contributed by atoms with Gasteiger partial charge in [-0.15, -0.1) is 6.42 Å². The van der Waals surface area contributed by atoms with E-state index in [2.05, 4.69) is 16.2 Å². The number of terminal acetylenes is 1. The van der Waals surface area contributed by atoms with Crippen LogP contribution in [0.3, 0.4) is 0 Å². The Morgan fingerprint density at radius 2 is 2.17 bits per heavy atom. The molecule has 1 aromatic carbocycles. The van der Waals surface area contributed by atoms with Gasteiger partial charge in [-0.1, -0.05) is 5.92 Å². The third-order valence-corrected chi connectivity index (χ3v) is 2.76.